The highest BCUT2D eigenvalue weighted by Gasteiger charge is 2.45. The van der Waals surface area contributed by atoms with Crippen molar-refractivity contribution < 1.29 is 0 Å². The first kappa shape index (κ1) is 11.5. The Bertz CT molecular complexity index is 653. The molecule has 1 aromatic heterocycles. The minimum absolute atomic E-state index is 0.0770. The van der Waals surface area contributed by atoms with E-state index in [1.54, 1.807) is 4.57 Å². The summed E-state index contributed by atoms with van der Waals surface area (Å²) in [6.07, 6.45) is 2.23. The average Bonchev–Trinajstić information content (AvgIpc) is 3.15. The van der Waals surface area contributed by atoms with E-state index in [2.05, 4.69) is 17.4 Å². The van der Waals surface area contributed by atoms with Crippen LogP contribution in [0.5, 0.6) is 0 Å². The molecule has 1 aliphatic carbocycles. The highest BCUT2D eigenvalue weighted by molar-refractivity contribution is 5.79. The molecule has 0 amide bonds. The second-order valence-corrected chi connectivity index (χ2v) is 5.29. The first-order valence-electron chi connectivity index (χ1n) is 6.42. The van der Waals surface area contributed by atoms with Crippen LogP contribution in [0.4, 0.5) is 0 Å². The second-order valence-electron chi connectivity index (χ2n) is 5.29. The van der Waals surface area contributed by atoms with Crippen molar-refractivity contribution in [1.29, 1.82) is 0 Å². The van der Waals surface area contributed by atoms with Crippen LogP contribution in [0, 0.1) is 0 Å². The monoisotopic (exact) mass is 242 g/mol. The number of benzene rings is 1. The Hall–Kier alpha value is -1.61. The van der Waals surface area contributed by atoms with Gasteiger partial charge in [-0.1, -0.05) is 18.2 Å². The first-order valence-corrected chi connectivity index (χ1v) is 6.42. The molecule has 0 spiro atoms. The maximum atomic E-state index is 12.5. The van der Waals surface area contributed by atoms with E-state index in [-0.39, 0.29) is 11.0 Å². The molecular weight excluding hydrogens is 224 g/mol. The molecule has 0 aliphatic heterocycles. The standard InChI is InChI=1S/C15H18N2O/c1-16-10-15(7-8-15)12-9-11-5-3-4-6-13(11)17(2)14(12)18/h3-6,9,16H,7-8,10H2,1-2H3. The Kier molecular flexibility index (Phi) is 2.52. The first-order chi connectivity index (χ1) is 8.68. The van der Waals surface area contributed by atoms with Crippen LogP contribution in [0.25, 0.3) is 10.9 Å². The molecule has 1 aliphatic rings. The van der Waals surface area contributed by atoms with Gasteiger partial charge in [-0.25, -0.2) is 0 Å². The zero-order valence-corrected chi connectivity index (χ0v) is 10.9. The van der Waals surface area contributed by atoms with Crippen LogP contribution in [-0.4, -0.2) is 18.2 Å². The number of aromatic nitrogens is 1. The third-order valence-electron chi connectivity index (χ3n) is 4.07. The lowest BCUT2D eigenvalue weighted by Gasteiger charge is -2.16. The SMILES string of the molecule is CNCC1(c2cc3ccccc3n(C)c2=O)CC1. The van der Waals surface area contributed by atoms with Crippen molar-refractivity contribution in [3.63, 3.8) is 0 Å². The van der Waals surface area contributed by atoms with Crippen molar-refractivity contribution in [2.45, 2.75) is 18.3 Å². The summed E-state index contributed by atoms with van der Waals surface area (Å²) in [6.45, 7) is 0.889. The van der Waals surface area contributed by atoms with E-state index >= 15 is 0 Å². The molecule has 1 N–H and O–H groups in total. The fourth-order valence-electron chi connectivity index (χ4n) is 2.83. The lowest BCUT2D eigenvalue weighted by molar-refractivity contribution is 0.612. The Balaban J connectivity index is 2.25. The summed E-state index contributed by atoms with van der Waals surface area (Å²) in [5.41, 5.74) is 2.21. The van der Waals surface area contributed by atoms with E-state index in [0.717, 1.165) is 35.9 Å². The van der Waals surface area contributed by atoms with Gasteiger partial charge in [0.15, 0.2) is 0 Å². The van der Waals surface area contributed by atoms with Gasteiger partial charge < -0.3 is 9.88 Å². The van der Waals surface area contributed by atoms with Crippen molar-refractivity contribution in [1.82, 2.24) is 9.88 Å². The molecule has 1 heterocycles. The maximum absolute atomic E-state index is 12.5. The van der Waals surface area contributed by atoms with Gasteiger partial charge in [-0.3, -0.25) is 4.79 Å². The summed E-state index contributed by atoms with van der Waals surface area (Å²) in [4.78, 5) is 12.5. The van der Waals surface area contributed by atoms with E-state index in [4.69, 9.17) is 0 Å². The van der Waals surface area contributed by atoms with Crippen LogP contribution in [0.1, 0.15) is 18.4 Å². The highest BCUT2D eigenvalue weighted by atomic mass is 16.1. The second kappa shape index (κ2) is 3.95. The summed E-state index contributed by atoms with van der Waals surface area (Å²) in [7, 11) is 3.81. The fourth-order valence-corrected chi connectivity index (χ4v) is 2.83. The molecule has 3 heteroatoms. The summed E-state index contributed by atoms with van der Waals surface area (Å²) >= 11 is 0. The van der Waals surface area contributed by atoms with E-state index in [1.807, 2.05) is 32.3 Å². The van der Waals surface area contributed by atoms with Gasteiger partial charge in [0.05, 0.1) is 5.52 Å². The lowest BCUT2D eigenvalue weighted by Crippen LogP contribution is -2.32. The van der Waals surface area contributed by atoms with E-state index < -0.39 is 0 Å². The predicted octanol–water partition coefficient (Wildman–Crippen LogP) is 1.79. The number of hydrogen-bond donors (Lipinski definition) is 1. The van der Waals surface area contributed by atoms with Crippen LogP contribution in [0.3, 0.4) is 0 Å². The van der Waals surface area contributed by atoms with Crippen LogP contribution >= 0.6 is 0 Å². The minimum atomic E-state index is 0.0770. The average molecular weight is 242 g/mol. The van der Waals surface area contributed by atoms with Crippen LogP contribution < -0.4 is 10.9 Å². The summed E-state index contributed by atoms with van der Waals surface area (Å²) in [5.74, 6) is 0. The molecule has 0 atom stereocenters. The number of likely N-dealkylation sites (N-methyl/N-ethyl adjacent to an activating group) is 1. The van der Waals surface area contributed by atoms with Gasteiger partial charge in [0.1, 0.15) is 0 Å². The molecule has 0 radical (unpaired) electrons. The molecule has 1 saturated carbocycles. The Morgan fingerprint density at radius 3 is 2.72 bits per heavy atom. The Morgan fingerprint density at radius 1 is 1.33 bits per heavy atom. The van der Waals surface area contributed by atoms with Gasteiger partial charge in [-0.05, 0) is 37.4 Å². The van der Waals surface area contributed by atoms with Gasteiger partial charge in [0.25, 0.3) is 5.56 Å². The molecule has 0 bridgehead atoms. The van der Waals surface area contributed by atoms with Crippen molar-refractivity contribution in [2.24, 2.45) is 7.05 Å². The normalized spacial score (nSPS) is 17.0. The number of hydrogen-bond acceptors (Lipinski definition) is 2. The third-order valence-corrected chi connectivity index (χ3v) is 4.07. The van der Waals surface area contributed by atoms with Crippen LogP contribution in [0.15, 0.2) is 35.1 Å². The summed E-state index contributed by atoms with van der Waals surface area (Å²) < 4.78 is 1.78. The number of nitrogens with zero attached hydrogens (tertiary/aromatic N) is 1. The van der Waals surface area contributed by atoms with Crippen LogP contribution in [0.2, 0.25) is 0 Å². The molecule has 3 rings (SSSR count). The van der Waals surface area contributed by atoms with E-state index in [1.165, 1.54) is 0 Å². The quantitative estimate of drug-likeness (QED) is 0.890. The molecule has 0 saturated heterocycles. The van der Waals surface area contributed by atoms with Gasteiger partial charge in [-0.15, -0.1) is 0 Å². The summed E-state index contributed by atoms with van der Waals surface area (Å²) in [5, 5.41) is 4.37. The Labute approximate surface area is 106 Å². The zero-order valence-electron chi connectivity index (χ0n) is 10.9. The molecule has 1 fully saturated rings. The van der Waals surface area contributed by atoms with E-state index in [9.17, 15) is 4.79 Å². The minimum Gasteiger partial charge on any atom is -0.319 e. The van der Waals surface area contributed by atoms with Gasteiger partial charge >= 0.3 is 0 Å². The van der Waals surface area contributed by atoms with Crippen molar-refractivity contribution in [2.75, 3.05) is 13.6 Å². The van der Waals surface area contributed by atoms with Crippen molar-refractivity contribution >= 4 is 10.9 Å². The molecule has 94 valence electrons. The highest BCUT2D eigenvalue weighted by Crippen LogP contribution is 2.46. The van der Waals surface area contributed by atoms with Gasteiger partial charge in [-0.2, -0.15) is 0 Å². The number of fused-ring (bicyclic) bond motifs is 1. The smallest absolute Gasteiger partial charge is 0.254 e. The molecule has 2 aromatic rings. The molecule has 1 aromatic carbocycles. The topological polar surface area (TPSA) is 34.0 Å². The number of para-hydroxylation sites is 1. The van der Waals surface area contributed by atoms with Crippen LogP contribution in [-0.2, 0) is 12.5 Å². The number of aryl methyl sites for hydroxylation is 1. The Morgan fingerprint density at radius 2 is 2.06 bits per heavy atom. The number of nitrogens with one attached hydrogen (secondary N) is 1. The summed E-state index contributed by atoms with van der Waals surface area (Å²) in [6, 6.07) is 10.2. The van der Waals surface area contributed by atoms with Gasteiger partial charge in [0, 0.05) is 24.6 Å². The predicted molar refractivity (Wildman–Crippen MR) is 74.0 cm³/mol. The molecular formula is C15H18N2O. The lowest BCUT2D eigenvalue weighted by atomic mass is 9.95. The molecule has 18 heavy (non-hydrogen) atoms. The molecule has 0 unspecified atom stereocenters. The maximum Gasteiger partial charge on any atom is 0.254 e. The van der Waals surface area contributed by atoms with Gasteiger partial charge in [0.2, 0.25) is 0 Å². The number of pyridine rings is 1. The fraction of sp³-hybridized carbons (Fsp3) is 0.400. The largest absolute Gasteiger partial charge is 0.319 e. The zero-order chi connectivity index (χ0) is 12.8. The van der Waals surface area contributed by atoms with Crippen molar-refractivity contribution in [3.05, 3.63) is 46.2 Å². The molecule has 3 nitrogen and oxygen atoms in total. The third kappa shape index (κ3) is 1.58. The number of rotatable bonds is 3. The van der Waals surface area contributed by atoms with Crippen molar-refractivity contribution in [3.8, 4) is 0 Å². The van der Waals surface area contributed by atoms with E-state index in [0.29, 0.717) is 0 Å².